The van der Waals surface area contributed by atoms with E-state index in [4.69, 9.17) is 23.2 Å². The van der Waals surface area contributed by atoms with Gasteiger partial charge in [-0.15, -0.1) is 12.4 Å². The van der Waals surface area contributed by atoms with Crippen molar-refractivity contribution in [2.24, 2.45) is 0 Å². The fraction of sp³-hybridized carbons (Fsp3) is 0.538. The van der Waals surface area contributed by atoms with Crippen LogP contribution in [0.1, 0.15) is 18.0 Å². The number of hydrogen-bond acceptors (Lipinski definition) is 2. The van der Waals surface area contributed by atoms with Crippen LogP contribution in [0, 0.1) is 0 Å². The van der Waals surface area contributed by atoms with Gasteiger partial charge in [0.15, 0.2) is 0 Å². The molecular weight excluding hydrogens is 348 g/mol. The van der Waals surface area contributed by atoms with Gasteiger partial charge in [0.1, 0.15) is 0 Å². The van der Waals surface area contributed by atoms with Crippen molar-refractivity contribution in [2.75, 3.05) is 26.2 Å². The molecule has 1 fully saturated rings. The van der Waals surface area contributed by atoms with Crippen LogP contribution in [-0.4, -0.2) is 37.3 Å². The minimum absolute atomic E-state index is 0. The fourth-order valence-electron chi connectivity index (χ4n) is 2.43. The van der Waals surface area contributed by atoms with Gasteiger partial charge in [-0.3, -0.25) is 4.90 Å². The number of benzene rings is 1. The van der Waals surface area contributed by atoms with Gasteiger partial charge < -0.3 is 5.32 Å². The molecule has 0 bridgehead atoms. The zero-order chi connectivity index (χ0) is 14.8. The second-order valence-corrected chi connectivity index (χ2v) is 5.55. The van der Waals surface area contributed by atoms with Crippen LogP contribution in [0.25, 0.3) is 0 Å². The Morgan fingerprint density at radius 1 is 1.19 bits per heavy atom. The molecule has 0 unspecified atom stereocenters. The molecule has 1 atom stereocenters. The van der Waals surface area contributed by atoms with Crippen LogP contribution < -0.4 is 5.32 Å². The summed E-state index contributed by atoms with van der Waals surface area (Å²) >= 11 is 12.0. The number of nitrogens with zero attached hydrogens (tertiary/aromatic N) is 1. The zero-order valence-electron chi connectivity index (χ0n) is 11.1. The molecule has 1 aliphatic rings. The third kappa shape index (κ3) is 5.18. The molecule has 120 valence electrons. The highest BCUT2D eigenvalue weighted by Crippen LogP contribution is 2.39. The molecule has 21 heavy (non-hydrogen) atoms. The summed E-state index contributed by atoms with van der Waals surface area (Å²) in [4.78, 5) is 1.81. The van der Waals surface area contributed by atoms with E-state index < -0.39 is 18.6 Å². The van der Waals surface area contributed by atoms with Gasteiger partial charge in [-0.05, 0) is 11.6 Å². The summed E-state index contributed by atoms with van der Waals surface area (Å²) in [6.45, 7) is 2.46. The van der Waals surface area contributed by atoms with Crippen molar-refractivity contribution in [3.63, 3.8) is 0 Å². The zero-order valence-corrected chi connectivity index (χ0v) is 13.4. The predicted molar refractivity (Wildman–Crippen MR) is 81.6 cm³/mol. The fourth-order valence-corrected chi connectivity index (χ4v) is 2.86. The topological polar surface area (TPSA) is 15.3 Å². The predicted octanol–water partition coefficient (Wildman–Crippen LogP) is 4.31. The molecule has 1 aromatic rings. The number of halogens is 6. The minimum atomic E-state index is -4.25. The van der Waals surface area contributed by atoms with Gasteiger partial charge >= 0.3 is 6.18 Å². The molecule has 1 saturated heterocycles. The van der Waals surface area contributed by atoms with E-state index in [0.29, 0.717) is 31.7 Å². The van der Waals surface area contributed by atoms with E-state index in [2.05, 4.69) is 5.32 Å². The van der Waals surface area contributed by atoms with Gasteiger partial charge in [-0.1, -0.05) is 35.3 Å². The van der Waals surface area contributed by atoms with Gasteiger partial charge in [0.25, 0.3) is 0 Å². The molecule has 2 nitrogen and oxygen atoms in total. The average Bonchev–Trinajstić information content (AvgIpc) is 2.40. The van der Waals surface area contributed by atoms with Crippen molar-refractivity contribution in [3.05, 3.63) is 33.8 Å². The van der Waals surface area contributed by atoms with E-state index in [0.717, 1.165) is 0 Å². The summed E-state index contributed by atoms with van der Waals surface area (Å²) in [6.07, 6.45) is -5.17. The average molecular weight is 364 g/mol. The maximum atomic E-state index is 12.9. The third-order valence-electron chi connectivity index (χ3n) is 3.36. The lowest BCUT2D eigenvalue weighted by molar-refractivity contribution is -0.148. The van der Waals surface area contributed by atoms with Gasteiger partial charge in [0.2, 0.25) is 0 Å². The molecule has 1 aliphatic heterocycles. The molecule has 0 saturated carbocycles. The van der Waals surface area contributed by atoms with Gasteiger partial charge in [0, 0.05) is 32.2 Å². The van der Waals surface area contributed by atoms with Crippen molar-refractivity contribution in [1.29, 1.82) is 0 Å². The van der Waals surface area contributed by atoms with Gasteiger partial charge in [-0.25, -0.2) is 0 Å². The molecule has 0 aromatic heterocycles. The molecule has 8 heteroatoms. The highest BCUT2D eigenvalue weighted by molar-refractivity contribution is 6.42. The third-order valence-corrected chi connectivity index (χ3v) is 4.19. The maximum absolute atomic E-state index is 12.9. The molecule has 0 amide bonds. The Morgan fingerprint density at radius 3 is 2.38 bits per heavy atom. The second-order valence-electron chi connectivity index (χ2n) is 4.76. The van der Waals surface area contributed by atoms with Crippen LogP contribution in [-0.2, 0) is 0 Å². The van der Waals surface area contributed by atoms with Crippen molar-refractivity contribution < 1.29 is 13.2 Å². The Labute approximate surface area is 138 Å². The summed E-state index contributed by atoms with van der Waals surface area (Å²) < 4.78 is 38.6. The Balaban J connectivity index is 0.00000220. The monoisotopic (exact) mass is 362 g/mol. The quantitative estimate of drug-likeness (QED) is 0.860. The summed E-state index contributed by atoms with van der Waals surface area (Å²) in [7, 11) is 0. The Kier molecular flexibility index (Phi) is 7.07. The minimum Gasteiger partial charge on any atom is -0.314 e. The van der Waals surface area contributed by atoms with E-state index in [1.165, 1.54) is 0 Å². The number of alkyl halides is 3. The highest BCUT2D eigenvalue weighted by atomic mass is 35.5. The highest BCUT2D eigenvalue weighted by Gasteiger charge is 2.36. The number of rotatable bonds is 3. The van der Waals surface area contributed by atoms with Gasteiger partial charge in [0.05, 0.1) is 16.5 Å². The first kappa shape index (κ1) is 18.8. The Bertz CT molecular complexity index is 462. The summed E-state index contributed by atoms with van der Waals surface area (Å²) in [5.74, 6) is 0. The molecule has 1 N–H and O–H groups in total. The molecular formula is C13H16Cl3F3N2. The van der Waals surface area contributed by atoms with E-state index >= 15 is 0 Å². The molecule has 2 rings (SSSR count). The number of piperazine rings is 1. The normalized spacial score (nSPS) is 18.1. The largest absolute Gasteiger partial charge is 0.390 e. The number of hydrogen-bond donors (Lipinski definition) is 1. The Hall–Kier alpha value is -0.200. The smallest absolute Gasteiger partial charge is 0.314 e. The molecule has 1 heterocycles. The van der Waals surface area contributed by atoms with Crippen LogP contribution in [0.5, 0.6) is 0 Å². The Morgan fingerprint density at radius 2 is 1.81 bits per heavy atom. The lowest BCUT2D eigenvalue weighted by Crippen LogP contribution is -2.46. The summed E-state index contributed by atoms with van der Waals surface area (Å²) in [5.41, 5.74) is 0.443. The standard InChI is InChI=1S/C13H15Cl2F3N2.ClH/c14-10-3-1-2-9(12(10)15)11(8-13(16,17)18)20-6-4-19-5-7-20;/h1-3,11,19H,4-8H2;1H/t11-;/m1./s1. The molecule has 0 spiro atoms. The van der Waals surface area contributed by atoms with E-state index in [-0.39, 0.29) is 22.5 Å². The molecule has 0 radical (unpaired) electrons. The lowest BCUT2D eigenvalue weighted by atomic mass is 10.0. The SMILES string of the molecule is Cl.FC(F)(F)C[C@H](c1cccc(Cl)c1Cl)N1CCNCC1. The van der Waals surface area contributed by atoms with Crippen LogP contribution in [0.2, 0.25) is 10.0 Å². The summed E-state index contributed by atoms with van der Waals surface area (Å²) in [6, 6.07) is 4.04. The van der Waals surface area contributed by atoms with Crippen molar-refractivity contribution in [1.82, 2.24) is 10.2 Å². The van der Waals surface area contributed by atoms with Gasteiger partial charge in [-0.2, -0.15) is 13.2 Å². The van der Waals surface area contributed by atoms with Crippen LogP contribution in [0.4, 0.5) is 13.2 Å². The van der Waals surface area contributed by atoms with Crippen molar-refractivity contribution in [2.45, 2.75) is 18.6 Å². The van der Waals surface area contributed by atoms with Crippen molar-refractivity contribution >= 4 is 35.6 Å². The second kappa shape index (κ2) is 7.88. The molecule has 1 aromatic carbocycles. The van der Waals surface area contributed by atoms with Crippen molar-refractivity contribution in [3.8, 4) is 0 Å². The first-order valence-electron chi connectivity index (χ1n) is 6.34. The first-order valence-corrected chi connectivity index (χ1v) is 7.09. The molecule has 0 aliphatic carbocycles. The van der Waals surface area contributed by atoms with Crippen LogP contribution in [0.15, 0.2) is 18.2 Å². The maximum Gasteiger partial charge on any atom is 0.390 e. The number of nitrogens with one attached hydrogen (secondary N) is 1. The van der Waals surface area contributed by atoms with E-state index in [1.54, 1.807) is 18.2 Å². The van der Waals surface area contributed by atoms with Crippen LogP contribution in [0.3, 0.4) is 0 Å². The summed E-state index contributed by atoms with van der Waals surface area (Å²) in [5, 5.41) is 3.62. The van der Waals surface area contributed by atoms with Crippen LogP contribution >= 0.6 is 35.6 Å². The van der Waals surface area contributed by atoms with E-state index in [1.807, 2.05) is 4.90 Å². The lowest BCUT2D eigenvalue weighted by Gasteiger charge is -2.36. The first-order chi connectivity index (χ1) is 9.38. The van der Waals surface area contributed by atoms with E-state index in [9.17, 15) is 13.2 Å².